The normalized spacial score (nSPS) is 14.9. The van der Waals surface area contributed by atoms with E-state index in [-0.39, 0.29) is 0 Å². The number of rotatable bonds is 5. The highest BCUT2D eigenvalue weighted by Crippen LogP contribution is 2.31. The van der Waals surface area contributed by atoms with E-state index in [1.54, 1.807) is 0 Å². The number of hydrogen-bond donors (Lipinski definition) is 1. The van der Waals surface area contributed by atoms with Crippen molar-refractivity contribution in [3.05, 3.63) is 29.3 Å². The van der Waals surface area contributed by atoms with Gasteiger partial charge < -0.3 is 5.32 Å². The quantitative estimate of drug-likeness (QED) is 0.790. The SMILES string of the molecule is CCNC(C)C(C)Sc1ccccc1Cl. The van der Waals surface area contributed by atoms with Gasteiger partial charge in [-0.3, -0.25) is 0 Å². The molecule has 0 aliphatic carbocycles. The highest BCUT2D eigenvalue weighted by atomic mass is 35.5. The lowest BCUT2D eigenvalue weighted by Crippen LogP contribution is -2.33. The van der Waals surface area contributed by atoms with E-state index in [0.29, 0.717) is 11.3 Å². The van der Waals surface area contributed by atoms with Crippen LogP contribution in [0.15, 0.2) is 29.2 Å². The first-order valence-corrected chi connectivity index (χ1v) is 6.55. The summed E-state index contributed by atoms with van der Waals surface area (Å²) in [6.07, 6.45) is 0. The largest absolute Gasteiger partial charge is 0.313 e. The summed E-state index contributed by atoms with van der Waals surface area (Å²) in [5, 5.41) is 4.78. The molecule has 0 saturated carbocycles. The molecule has 0 heterocycles. The molecule has 0 aromatic heterocycles. The minimum absolute atomic E-state index is 0.497. The zero-order chi connectivity index (χ0) is 11.3. The lowest BCUT2D eigenvalue weighted by Gasteiger charge is -2.20. The molecule has 0 saturated heterocycles. The molecule has 0 aliphatic rings. The molecule has 0 amide bonds. The third-order valence-electron chi connectivity index (χ3n) is 2.38. The second-order valence-electron chi connectivity index (χ2n) is 3.60. The summed E-state index contributed by atoms with van der Waals surface area (Å²) in [7, 11) is 0. The van der Waals surface area contributed by atoms with Crippen molar-refractivity contribution in [1.82, 2.24) is 5.32 Å². The lowest BCUT2D eigenvalue weighted by molar-refractivity contribution is 0.563. The maximum Gasteiger partial charge on any atom is 0.0541 e. The van der Waals surface area contributed by atoms with Gasteiger partial charge in [0.2, 0.25) is 0 Å². The molecule has 1 rings (SSSR count). The third kappa shape index (κ3) is 4.06. The van der Waals surface area contributed by atoms with E-state index in [1.807, 2.05) is 30.0 Å². The van der Waals surface area contributed by atoms with E-state index in [0.717, 1.165) is 16.5 Å². The van der Waals surface area contributed by atoms with Crippen molar-refractivity contribution in [3.8, 4) is 0 Å². The monoisotopic (exact) mass is 243 g/mol. The van der Waals surface area contributed by atoms with Crippen LogP contribution in [0.5, 0.6) is 0 Å². The van der Waals surface area contributed by atoms with E-state index < -0.39 is 0 Å². The molecule has 0 radical (unpaired) electrons. The molecule has 1 N–H and O–H groups in total. The van der Waals surface area contributed by atoms with Crippen molar-refractivity contribution < 1.29 is 0 Å². The second-order valence-corrected chi connectivity index (χ2v) is 5.43. The first kappa shape index (κ1) is 12.9. The van der Waals surface area contributed by atoms with Crippen molar-refractivity contribution in [3.63, 3.8) is 0 Å². The van der Waals surface area contributed by atoms with Crippen molar-refractivity contribution in [1.29, 1.82) is 0 Å². The molecule has 1 aromatic carbocycles. The maximum absolute atomic E-state index is 6.11. The molecular formula is C12H18ClNS. The average Bonchev–Trinajstić information content (AvgIpc) is 2.21. The van der Waals surface area contributed by atoms with Gasteiger partial charge in [-0.05, 0) is 25.6 Å². The Bertz CT molecular complexity index is 303. The topological polar surface area (TPSA) is 12.0 Å². The highest BCUT2D eigenvalue weighted by Gasteiger charge is 2.13. The molecule has 1 aromatic rings. The zero-order valence-corrected chi connectivity index (χ0v) is 11.0. The Hall–Kier alpha value is -0.180. The minimum Gasteiger partial charge on any atom is -0.313 e. The molecule has 84 valence electrons. The van der Waals surface area contributed by atoms with Crippen LogP contribution in [0.25, 0.3) is 0 Å². The molecule has 15 heavy (non-hydrogen) atoms. The van der Waals surface area contributed by atoms with Crippen LogP contribution in [0.4, 0.5) is 0 Å². The van der Waals surface area contributed by atoms with E-state index in [1.165, 1.54) is 0 Å². The summed E-state index contributed by atoms with van der Waals surface area (Å²) >= 11 is 7.93. The van der Waals surface area contributed by atoms with Crippen molar-refractivity contribution in [2.45, 2.75) is 37.0 Å². The Morgan fingerprint density at radius 2 is 2.00 bits per heavy atom. The summed E-state index contributed by atoms with van der Waals surface area (Å²) in [6.45, 7) is 7.57. The van der Waals surface area contributed by atoms with E-state index >= 15 is 0 Å². The first-order valence-electron chi connectivity index (χ1n) is 5.29. The fourth-order valence-electron chi connectivity index (χ4n) is 1.33. The summed E-state index contributed by atoms with van der Waals surface area (Å²) < 4.78 is 0. The number of nitrogens with one attached hydrogen (secondary N) is 1. The lowest BCUT2D eigenvalue weighted by atomic mass is 10.2. The molecule has 2 unspecified atom stereocenters. The van der Waals surface area contributed by atoms with Gasteiger partial charge in [0.1, 0.15) is 0 Å². The summed E-state index contributed by atoms with van der Waals surface area (Å²) in [5.41, 5.74) is 0. The first-order chi connectivity index (χ1) is 7.15. The van der Waals surface area contributed by atoms with Gasteiger partial charge in [-0.2, -0.15) is 0 Å². The standard InChI is InChI=1S/C12H18ClNS/c1-4-14-9(2)10(3)15-12-8-6-5-7-11(12)13/h5-10,14H,4H2,1-3H3. The predicted molar refractivity (Wildman–Crippen MR) is 69.9 cm³/mol. The Morgan fingerprint density at radius 1 is 1.33 bits per heavy atom. The molecule has 0 spiro atoms. The molecular weight excluding hydrogens is 226 g/mol. The maximum atomic E-state index is 6.11. The van der Waals surface area contributed by atoms with Gasteiger partial charge in [0.05, 0.1) is 5.02 Å². The van der Waals surface area contributed by atoms with Gasteiger partial charge in [-0.1, -0.05) is 37.6 Å². The molecule has 0 bridgehead atoms. The van der Waals surface area contributed by atoms with E-state index in [9.17, 15) is 0 Å². The Kier molecular flexibility index (Phi) is 5.51. The number of hydrogen-bond acceptors (Lipinski definition) is 2. The van der Waals surface area contributed by atoms with E-state index in [4.69, 9.17) is 11.6 Å². The zero-order valence-electron chi connectivity index (χ0n) is 9.46. The molecule has 0 aliphatic heterocycles. The smallest absolute Gasteiger partial charge is 0.0541 e. The van der Waals surface area contributed by atoms with Crippen LogP contribution < -0.4 is 5.32 Å². The number of halogens is 1. The van der Waals surface area contributed by atoms with Gasteiger partial charge in [-0.25, -0.2) is 0 Å². The number of benzene rings is 1. The van der Waals surface area contributed by atoms with Crippen molar-refractivity contribution >= 4 is 23.4 Å². The highest BCUT2D eigenvalue weighted by molar-refractivity contribution is 8.00. The average molecular weight is 244 g/mol. The van der Waals surface area contributed by atoms with Gasteiger partial charge >= 0.3 is 0 Å². The molecule has 3 heteroatoms. The summed E-state index contributed by atoms with van der Waals surface area (Å²) in [4.78, 5) is 1.16. The second kappa shape index (κ2) is 6.41. The fraction of sp³-hybridized carbons (Fsp3) is 0.500. The predicted octanol–water partition coefficient (Wildman–Crippen LogP) is 3.82. The van der Waals surface area contributed by atoms with Crippen molar-refractivity contribution in [2.24, 2.45) is 0 Å². The molecule has 2 atom stereocenters. The van der Waals surface area contributed by atoms with E-state index in [2.05, 4.69) is 32.2 Å². The van der Waals surface area contributed by atoms with Crippen LogP contribution >= 0.6 is 23.4 Å². The Morgan fingerprint density at radius 3 is 2.60 bits per heavy atom. The number of thioether (sulfide) groups is 1. The van der Waals surface area contributed by atoms with Crippen LogP contribution in [-0.2, 0) is 0 Å². The molecule has 1 nitrogen and oxygen atoms in total. The third-order valence-corrected chi connectivity index (χ3v) is 4.21. The van der Waals surface area contributed by atoms with Crippen LogP contribution in [-0.4, -0.2) is 17.8 Å². The van der Waals surface area contributed by atoms with Crippen LogP contribution in [0.2, 0.25) is 5.02 Å². The van der Waals surface area contributed by atoms with Gasteiger partial charge in [-0.15, -0.1) is 11.8 Å². The van der Waals surface area contributed by atoms with Gasteiger partial charge in [0.25, 0.3) is 0 Å². The van der Waals surface area contributed by atoms with Crippen LogP contribution in [0.3, 0.4) is 0 Å². The van der Waals surface area contributed by atoms with Crippen LogP contribution in [0.1, 0.15) is 20.8 Å². The molecule has 0 fully saturated rings. The van der Waals surface area contributed by atoms with Crippen LogP contribution in [0, 0.1) is 0 Å². The Labute approximate surface area is 102 Å². The Balaban J connectivity index is 2.58. The fourth-order valence-corrected chi connectivity index (χ4v) is 2.64. The minimum atomic E-state index is 0.497. The van der Waals surface area contributed by atoms with Crippen molar-refractivity contribution in [2.75, 3.05) is 6.54 Å². The summed E-state index contributed by atoms with van der Waals surface area (Å²) in [5.74, 6) is 0. The van der Waals surface area contributed by atoms with Gasteiger partial charge in [0, 0.05) is 16.2 Å². The summed E-state index contributed by atoms with van der Waals surface area (Å²) in [6, 6.07) is 8.50. The van der Waals surface area contributed by atoms with Gasteiger partial charge in [0.15, 0.2) is 0 Å².